The normalized spacial score (nSPS) is 26.8. The van der Waals surface area contributed by atoms with E-state index < -0.39 is 0 Å². The molecular formula is C14H17NO4. The van der Waals surface area contributed by atoms with Crippen LogP contribution in [-0.2, 0) is 6.54 Å². The van der Waals surface area contributed by atoms with Gasteiger partial charge in [-0.15, -0.1) is 0 Å². The number of aliphatic hydroxyl groups excluding tert-OH is 1. The molecule has 5 heteroatoms. The molecule has 0 radical (unpaired) electrons. The Morgan fingerprint density at radius 1 is 1.21 bits per heavy atom. The molecule has 1 aromatic rings. The molecule has 1 aliphatic carbocycles. The summed E-state index contributed by atoms with van der Waals surface area (Å²) in [7, 11) is 0. The first-order valence-corrected chi connectivity index (χ1v) is 6.62. The molecular weight excluding hydrogens is 246 g/mol. The van der Waals surface area contributed by atoms with E-state index in [0.29, 0.717) is 12.3 Å². The predicted octanol–water partition coefficient (Wildman–Crippen LogP) is 2.01. The van der Waals surface area contributed by atoms with Crippen molar-refractivity contribution in [2.24, 2.45) is 0 Å². The van der Waals surface area contributed by atoms with Gasteiger partial charge in [-0.3, -0.25) is 0 Å². The van der Waals surface area contributed by atoms with Gasteiger partial charge in [-0.05, 0) is 37.8 Å². The van der Waals surface area contributed by atoms with Crippen molar-refractivity contribution in [3.05, 3.63) is 23.8 Å². The van der Waals surface area contributed by atoms with E-state index >= 15 is 0 Å². The number of aromatic hydroxyl groups is 1. The summed E-state index contributed by atoms with van der Waals surface area (Å²) in [4.78, 5) is 13.7. The van der Waals surface area contributed by atoms with Crippen LogP contribution in [0.1, 0.15) is 31.2 Å². The minimum absolute atomic E-state index is 0.0980. The molecule has 0 atom stereocenters. The van der Waals surface area contributed by atoms with E-state index in [1.165, 1.54) is 6.07 Å². The molecule has 1 aliphatic heterocycles. The highest BCUT2D eigenvalue weighted by Gasteiger charge is 2.33. The van der Waals surface area contributed by atoms with Crippen molar-refractivity contribution in [3.8, 4) is 11.5 Å². The molecule has 2 N–H and O–H groups in total. The van der Waals surface area contributed by atoms with Gasteiger partial charge in [0.15, 0.2) is 0 Å². The maximum absolute atomic E-state index is 12.0. The number of carbonyl (C=O) groups is 1. The van der Waals surface area contributed by atoms with Crippen LogP contribution in [0.3, 0.4) is 0 Å². The second kappa shape index (κ2) is 4.74. The number of hydrogen-bond donors (Lipinski definition) is 2. The number of ether oxygens (including phenoxy) is 1. The molecule has 1 fully saturated rings. The molecule has 0 aromatic heterocycles. The minimum Gasteiger partial charge on any atom is -0.508 e. The Kier molecular flexibility index (Phi) is 3.06. The number of amides is 1. The van der Waals surface area contributed by atoms with Gasteiger partial charge in [0.25, 0.3) is 0 Å². The number of rotatable bonds is 1. The van der Waals surface area contributed by atoms with Gasteiger partial charge in [0.05, 0.1) is 12.6 Å². The number of fused-ring (bicyclic) bond motifs is 1. The highest BCUT2D eigenvalue weighted by Crippen LogP contribution is 2.33. The number of aliphatic hydroxyl groups is 1. The summed E-state index contributed by atoms with van der Waals surface area (Å²) >= 11 is 0. The first kappa shape index (κ1) is 12.3. The number of phenols is 1. The van der Waals surface area contributed by atoms with E-state index in [-0.39, 0.29) is 24.0 Å². The summed E-state index contributed by atoms with van der Waals surface area (Å²) in [5.74, 6) is 0.540. The molecule has 1 aromatic carbocycles. The van der Waals surface area contributed by atoms with E-state index in [2.05, 4.69) is 0 Å². The van der Waals surface area contributed by atoms with Crippen molar-refractivity contribution < 1.29 is 19.7 Å². The Hall–Kier alpha value is -1.75. The summed E-state index contributed by atoms with van der Waals surface area (Å²) < 4.78 is 5.27. The minimum atomic E-state index is -0.362. The zero-order valence-electron chi connectivity index (χ0n) is 10.6. The van der Waals surface area contributed by atoms with Crippen LogP contribution in [0.4, 0.5) is 4.79 Å². The lowest BCUT2D eigenvalue weighted by Gasteiger charge is -2.37. The van der Waals surface area contributed by atoms with Gasteiger partial charge >= 0.3 is 6.09 Å². The van der Waals surface area contributed by atoms with E-state index in [9.17, 15) is 15.0 Å². The molecule has 2 aliphatic rings. The number of phenolic OH excluding ortho intramolecular Hbond substituents is 1. The van der Waals surface area contributed by atoms with Gasteiger partial charge in [0, 0.05) is 17.7 Å². The Morgan fingerprint density at radius 3 is 2.68 bits per heavy atom. The molecule has 3 rings (SSSR count). The maximum Gasteiger partial charge on any atom is 0.415 e. The van der Waals surface area contributed by atoms with Crippen LogP contribution < -0.4 is 4.74 Å². The molecule has 0 unspecified atom stereocenters. The van der Waals surface area contributed by atoms with Crippen LogP contribution in [0.15, 0.2) is 18.2 Å². The number of hydrogen-bond acceptors (Lipinski definition) is 4. The first-order chi connectivity index (χ1) is 9.13. The van der Waals surface area contributed by atoms with Crippen molar-refractivity contribution in [1.29, 1.82) is 0 Å². The van der Waals surface area contributed by atoms with Crippen molar-refractivity contribution in [2.75, 3.05) is 0 Å². The molecule has 5 nitrogen and oxygen atoms in total. The summed E-state index contributed by atoms with van der Waals surface area (Å²) in [6.07, 6.45) is 2.49. The summed E-state index contributed by atoms with van der Waals surface area (Å²) in [6, 6.07) is 4.98. The third-order valence-electron chi connectivity index (χ3n) is 3.93. The summed E-state index contributed by atoms with van der Waals surface area (Å²) in [5, 5.41) is 18.9. The Labute approximate surface area is 111 Å². The second-order valence-electron chi connectivity index (χ2n) is 5.25. The lowest BCUT2D eigenvalue weighted by Crippen LogP contribution is -2.46. The smallest absolute Gasteiger partial charge is 0.415 e. The van der Waals surface area contributed by atoms with Gasteiger partial charge in [-0.25, -0.2) is 4.79 Å². The lowest BCUT2D eigenvalue weighted by molar-refractivity contribution is 0.0629. The van der Waals surface area contributed by atoms with E-state index in [0.717, 1.165) is 31.2 Å². The largest absolute Gasteiger partial charge is 0.508 e. The van der Waals surface area contributed by atoms with Crippen LogP contribution in [0.5, 0.6) is 11.5 Å². The molecule has 0 saturated heterocycles. The third kappa shape index (κ3) is 2.38. The van der Waals surface area contributed by atoms with E-state index in [4.69, 9.17) is 4.74 Å². The molecule has 1 amide bonds. The van der Waals surface area contributed by atoms with Crippen LogP contribution >= 0.6 is 0 Å². The Balaban J connectivity index is 1.78. The number of nitrogens with zero attached hydrogens (tertiary/aromatic N) is 1. The second-order valence-corrected chi connectivity index (χ2v) is 5.25. The molecule has 1 saturated carbocycles. The van der Waals surface area contributed by atoms with Crippen LogP contribution in [0.2, 0.25) is 0 Å². The number of benzene rings is 1. The van der Waals surface area contributed by atoms with Crippen molar-refractivity contribution in [1.82, 2.24) is 4.90 Å². The zero-order valence-corrected chi connectivity index (χ0v) is 10.6. The van der Waals surface area contributed by atoms with Gasteiger partial charge in [-0.1, -0.05) is 0 Å². The fraction of sp³-hybridized carbons (Fsp3) is 0.500. The highest BCUT2D eigenvalue weighted by atomic mass is 16.6. The monoisotopic (exact) mass is 263 g/mol. The average molecular weight is 263 g/mol. The standard InChI is InChI=1S/C14H17NO4/c16-11-5-2-10(3-6-11)15-8-9-1-4-12(17)7-13(9)19-14(15)18/h1,4,7,10-11,16-17H,2-3,5-6,8H2. The quantitative estimate of drug-likeness (QED) is 0.813. The van der Waals surface area contributed by atoms with Crippen LogP contribution in [0, 0.1) is 0 Å². The van der Waals surface area contributed by atoms with Gasteiger partial charge in [0.1, 0.15) is 11.5 Å². The average Bonchev–Trinajstić information content (AvgIpc) is 2.39. The lowest BCUT2D eigenvalue weighted by atomic mass is 9.91. The SMILES string of the molecule is O=C1Oc2cc(O)ccc2CN1C1CCC(O)CC1. The fourth-order valence-corrected chi connectivity index (χ4v) is 2.82. The highest BCUT2D eigenvalue weighted by molar-refractivity contribution is 5.74. The molecule has 19 heavy (non-hydrogen) atoms. The predicted molar refractivity (Wildman–Crippen MR) is 67.9 cm³/mol. The molecule has 0 spiro atoms. The zero-order chi connectivity index (χ0) is 13.4. The van der Waals surface area contributed by atoms with Gasteiger partial charge in [0.2, 0.25) is 0 Å². The topological polar surface area (TPSA) is 70.0 Å². The van der Waals surface area contributed by atoms with Gasteiger partial charge in [-0.2, -0.15) is 0 Å². The maximum atomic E-state index is 12.0. The van der Waals surface area contributed by atoms with Gasteiger partial charge < -0.3 is 19.8 Å². The third-order valence-corrected chi connectivity index (χ3v) is 3.93. The molecule has 1 heterocycles. The van der Waals surface area contributed by atoms with Crippen molar-refractivity contribution in [3.63, 3.8) is 0 Å². The molecule has 102 valence electrons. The van der Waals surface area contributed by atoms with E-state index in [1.54, 1.807) is 17.0 Å². The first-order valence-electron chi connectivity index (χ1n) is 6.62. The Morgan fingerprint density at radius 2 is 1.95 bits per heavy atom. The van der Waals surface area contributed by atoms with Crippen molar-refractivity contribution >= 4 is 6.09 Å². The summed E-state index contributed by atoms with van der Waals surface area (Å²) in [6.45, 7) is 0.509. The van der Waals surface area contributed by atoms with Crippen LogP contribution in [-0.4, -0.2) is 33.4 Å². The van der Waals surface area contributed by atoms with Crippen LogP contribution in [0.25, 0.3) is 0 Å². The van der Waals surface area contributed by atoms with Crippen molar-refractivity contribution in [2.45, 2.75) is 44.4 Å². The Bertz CT molecular complexity index is 494. The summed E-state index contributed by atoms with van der Waals surface area (Å²) in [5.41, 5.74) is 0.906. The van der Waals surface area contributed by atoms with E-state index in [1.807, 2.05) is 0 Å². The molecule has 0 bridgehead atoms. The fourth-order valence-electron chi connectivity index (χ4n) is 2.82. The number of carbonyl (C=O) groups excluding carboxylic acids is 1.